The number of nitrogens with zero attached hydrogens (tertiary/aromatic N) is 4. The van der Waals surface area contributed by atoms with E-state index in [1.165, 1.54) is 0 Å². The molecule has 0 atom stereocenters. The number of hydrogen-bond donors (Lipinski definition) is 2. The number of rotatable bonds is 8. The number of unbranched alkanes of at least 4 members (excludes halogenated alkanes) is 1. The molecular weight excluding hydrogens is 216 g/mol. The predicted molar refractivity (Wildman–Crippen MR) is 70.3 cm³/mol. The Morgan fingerprint density at radius 2 is 2.06 bits per heavy atom. The zero-order valence-corrected chi connectivity index (χ0v) is 10.9. The third kappa shape index (κ3) is 6.01. The van der Waals surface area contributed by atoms with Gasteiger partial charge in [0.25, 0.3) is 0 Å². The van der Waals surface area contributed by atoms with Gasteiger partial charge in [-0.25, -0.2) is 0 Å². The van der Waals surface area contributed by atoms with Gasteiger partial charge in [-0.15, -0.1) is 5.10 Å². The molecule has 1 rings (SSSR count). The summed E-state index contributed by atoms with van der Waals surface area (Å²) in [6.07, 6.45) is 3.91. The fourth-order valence-electron chi connectivity index (χ4n) is 1.25. The fraction of sp³-hybridized carbons (Fsp3) is 0.727. The summed E-state index contributed by atoms with van der Waals surface area (Å²) in [6.45, 7) is 4.85. The highest BCUT2D eigenvalue weighted by molar-refractivity contribution is 5.36. The van der Waals surface area contributed by atoms with Gasteiger partial charge in [0.2, 0.25) is 5.95 Å². The Bertz CT molecular complexity index is 315. The Balaban J connectivity index is 2.37. The monoisotopic (exact) mass is 238 g/mol. The highest BCUT2D eigenvalue weighted by atomic mass is 15.3. The molecule has 0 amide bonds. The molecule has 6 nitrogen and oxygen atoms in total. The Kier molecular flexibility index (Phi) is 6.24. The molecule has 1 aromatic rings. The lowest BCUT2D eigenvalue weighted by atomic mass is 10.3. The van der Waals surface area contributed by atoms with E-state index in [1.54, 1.807) is 6.20 Å². The zero-order chi connectivity index (χ0) is 12.5. The number of likely N-dealkylation sites (N-methyl/N-ethyl adjacent to an activating group) is 1. The lowest BCUT2D eigenvalue weighted by molar-refractivity contribution is 0.425. The summed E-state index contributed by atoms with van der Waals surface area (Å²) in [5.41, 5.74) is 0. The van der Waals surface area contributed by atoms with E-state index in [-0.39, 0.29) is 0 Å². The van der Waals surface area contributed by atoms with Crippen molar-refractivity contribution in [2.45, 2.75) is 19.8 Å². The van der Waals surface area contributed by atoms with Crippen LogP contribution in [-0.4, -0.2) is 53.8 Å². The second-order valence-electron chi connectivity index (χ2n) is 4.18. The van der Waals surface area contributed by atoms with Crippen LogP contribution < -0.4 is 10.6 Å². The molecule has 17 heavy (non-hydrogen) atoms. The molecule has 0 saturated heterocycles. The van der Waals surface area contributed by atoms with E-state index in [9.17, 15) is 0 Å². The number of nitrogens with one attached hydrogen (secondary N) is 2. The first-order valence-corrected chi connectivity index (χ1v) is 6.04. The Morgan fingerprint density at radius 3 is 2.76 bits per heavy atom. The van der Waals surface area contributed by atoms with E-state index < -0.39 is 0 Å². The molecule has 2 N–H and O–H groups in total. The molecule has 0 aliphatic carbocycles. The molecule has 0 aromatic carbocycles. The van der Waals surface area contributed by atoms with Crippen LogP contribution in [0.5, 0.6) is 0 Å². The highest BCUT2D eigenvalue weighted by Gasteiger charge is 1.99. The first kappa shape index (κ1) is 13.6. The van der Waals surface area contributed by atoms with Gasteiger partial charge in [-0.3, -0.25) is 0 Å². The van der Waals surface area contributed by atoms with Crippen molar-refractivity contribution < 1.29 is 0 Å². The lowest BCUT2D eigenvalue weighted by Crippen LogP contribution is -2.21. The van der Waals surface area contributed by atoms with Gasteiger partial charge < -0.3 is 15.5 Å². The Hall–Kier alpha value is -1.43. The highest BCUT2D eigenvalue weighted by Crippen LogP contribution is 2.03. The maximum atomic E-state index is 4.33. The van der Waals surface area contributed by atoms with Crippen LogP contribution in [0.15, 0.2) is 6.20 Å². The lowest BCUT2D eigenvalue weighted by Gasteiger charge is -2.11. The molecule has 1 heterocycles. The molecule has 0 aliphatic rings. The quantitative estimate of drug-likeness (QED) is 0.660. The van der Waals surface area contributed by atoms with Gasteiger partial charge in [-0.2, -0.15) is 10.1 Å². The molecule has 0 bridgehead atoms. The van der Waals surface area contributed by atoms with E-state index >= 15 is 0 Å². The van der Waals surface area contributed by atoms with Crippen molar-refractivity contribution >= 4 is 11.8 Å². The largest absolute Gasteiger partial charge is 0.367 e. The number of hydrogen-bond acceptors (Lipinski definition) is 6. The average Bonchev–Trinajstić information content (AvgIpc) is 2.29. The molecule has 0 spiro atoms. The minimum Gasteiger partial charge on any atom is -0.367 e. The average molecular weight is 238 g/mol. The van der Waals surface area contributed by atoms with E-state index in [0.29, 0.717) is 5.95 Å². The first-order valence-electron chi connectivity index (χ1n) is 6.04. The van der Waals surface area contributed by atoms with Crippen LogP contribution in [0.4, 0.5) is 11.8 Å². The summed E-state index contributed by atoms with van der Waals surface area (Å²) in [5, 5.41) is 14.2. The minimum atomic E-state index is 0.591. The van der Waals surface area contributed by atoms with Gasteiger partial charge in [0.05, 0.1) is 6.20 Å². The molecule has 0 fully saturated rings. The summed E-state index contributed by atoms with van der Waals surface area (Å²) in [5.74, 6) is 1.36. The van der Waals surface area contributed by atoms with Crippen LogP contribution in [0.1, 0.15) is 19.8 Å². The second kappa shape index (κ2) is 7.78. The van der Waals surface area contributed by atoms with Gasteiger partial charge in [-0.1, -0.05) is 13.3 Å². The third-order valence-electron chi connectivity index (χ3n) is 2.24. The molecule has 0 aliphatic heterocycles. The number of aromatic nitrogens is 3. The molecule has 0 unspecified atom stereocenters. The third-order valence-corrected chi connectivity index (χ3v) is 2.24. The van der Waals surface area contributed by atoms with Crippen LogP contribution in [0.3, 0.4) is 0 Å². The normalized spacial score (nSPS) is 10.6. The molecule has 6 heteroatoms. The van der Waals surface area contributed by atoms with Gasteiger partial charge in [0.1, 0.15) is 0 Å². The van der Waals surface area contributed by atoms with Crippen molar-refractivity contribution in [3.63, 3.8) is 0 Å². The fourth-order valence-corrected chi connectivity index (χ4v) is 1.25. The molecule has 96 valence electrons. The van der Waals surface area contributed by atoms with Crippen LogP contribution >= 0.6 is 0 Å². The summed E-state index contributed by atoms with van der Waals surface area (Å²) >= 11 is 0. The Labute approximate surface area is 103 Å². The molecule has 1 aromatic heterocycles. The van der Waals surface area contributed by atoms with Crippen molar-refractivity contribution in [1.29, 1.82) is 0 Å². The summed E-state index contributed by atoms with van der Waals surface area (Å²) in [7, 11) is 4.08. The van der Waals surface area contributed by atoms with Crippen molar-refractivity contribution in [3.8, 4) is 0 Å². The van der Waals surface area contributed by atoms with Crippen LogP contribution in [0.25, 0.3) is 0 Å². The van der Waals surface area contributed by atoms with Crippen LogP contribution in [-0.2, 0) is 0 Å². The minimum absolute atomic E-state index is 0.591. The van der Waals surface area contributed by atoms with E-state index in [4.69, 9.17) is 0 Å². The van der Waals surface area contributed by atoms with Crippen molar-refractivity contribution in [1.82, 2.24) is 20.1 Å². The summed E-state index contributed by atoms with van der Waals surface area (Å²) in [4.78, 5) is 6.44. The topological polar surface area (TPSA) is 66.0 Å². The smallest absolute Gasteiger partial charge is 0.244 e. The van der Waals surface area contributed by atoms with Gasteiger partial charge in [0, 0.05) is 19.6 Å². The number of anilines is 2. The van der Waals surface area contributed by atoms with E-state index in [1.807, 2.05) is 14.1 Å². The molecule has 0 radical (unpaired) electrons. The van der Waals surface area contributed by atoms with Crippen molar-refractivity contribution in [2.75, 3.05) is 44.4 Å². The SMILES string of the molecule is CCCCNc1nncc(NCCN(C)C)n1. The molecular formula is C11H22N6. The van der Waals surface area contributed by atoms with Crippen molar-refractivity contribution in [3.05, 3.63) is 6.20 Å². The standard InChI is InChI=1S/C11H22N6/c1-4-5-6-13-11-15-10(9-14-16-11)12-7-8-17(2)3/h9H,4-8H2,1-3H3,(H2,12,13,15,16). The van der Waals surface area contributed by atoms with Crippen molar-refractivity contribution in [2.24, 2.45) is 0 Å². The van der Waals surface area contributed by atoms with E-state index in [0.717, 1.165) is 38.3 Å². The predicted octanol–water partition coefficient (Wildman–Crippen LogP) is 1.06. The first-order chi connectivity index (χ1) is 8.22. The Morgan fingerprint density at radius 1 is 1.24 bits per heavy atom. The van der Waals surface area contributed by atoms with Gasteiger partial charge >= 0.3 is 0 Å². The maximum Gasteiger partial charge on any atom is 0.244 e. The zero-order valence-electron chi connectivity index (χ0n) is 10.9. The summed E-state index contributed by atoms with van der Waals surface area (Å²) in [6, 6.07) is 0. The van der Waals surface area contributed by atoms with Gasteiger partial charge in [-0.05, 0) is 20.5 Å². The maximum absolute atomic E-state index is 4.33. The second-order valence-corrected chi connectivity index (χ2v) is 4.18. The summed E-state index contributed by atoms with van der Waals surface area (Å²) < 4.78 is 0. The van der Waals surface area contributed by atoms with E-state index in [2.05, 4.69) is 37.6 Å². The molecule has 0 saturated carbocycles. The van der Waals surface area contributed by atoms with Crippen LogP contribution in [0.2, 0.25) is 0 Å². The van der Waals surface area contributed by atoms with Gasteiger partial charge in [0.15, 0.2) is 5.82 Å². The van der Waals surface area contributed by atoms with Crippen LogP contribution in [0, 0.1) is 0 Å².